The highest BCUT2D eigenvalue weighted by Crippen LogP contribution is 2.28. The van der Waals surface area contributed by atoms with Crippen molar-refractivity contribution < 1.29 is 9.53 Å². The van der Waals surface area contributed by atoms with E-state index < -0.39 is 0 Å². The van der Waals surface area contributed by atoms with Gasteiger partial charge >= 0.3 is 0 Å². The van der Waals surface area contributed by atoms with Crippen LogP contribution in [0.2, 0.25) is 10.0 Å². The van der Waals surface area contributed by atoms with Gasteiger partial charge in [-0.3, -0.25) is 4.79 Å². The van der Waals surface area contributed by atoms with E-state index in [1.165, 1.54) is 11.8 Å². The number of thioether (sulfide) groups is 1. The standard InChI is InChI=1S/C23H23Cl2N3O2S/c1-15-10-18(16(2)28(15)22-11-19(24)6-9-21(22)25)12-26-27-23(29)14-31-13-17-4-7-20(30-3)8-5-17/h4-12H,13-14H2,1-3H3,(H,27,29)/b26-12+. The number of hydrogen-bond acceptors (Lipinski definition) is 4. The van der Waals surface area contributed by atoms with Crippen molar-refractivity contribution in [1.29, 1.82) is 0 Å². The van der Waals surface area contributed by atoms with Gasteiger partial charge in [0.25, 0.3) is 0 Å². The van der Waals surface area contributed by atoms with E-state index in [-0.39, 0.29) is 5.91 Å². The van der Waals surface area contributed by atoms with E-state index in [2.05, 4.69) is 10.5 Å². The van der Waals surface area contributed by atoms with Crippen molar-refractivity contribution in [3.63, 3.8) is 0 Å². The minimum Gasteiger partial charge on any atom is -0.497 e. The summed E-state index contributed by atoms with van der Waals surface area (Å²) in [5.74, 6) is 1.72. The van der Waals surface area contributed by atoms with Crippen molar-refractivity contribution >= 4 is 47.1 Å². The van der Waals surface area contributed by atoms with Crippen molar-refractivity contribution in [1.82, 2.24) is 9.99 Å². The third kappa shape index (κ3) is 6.06. The Kier molecular flexibility index (Phi) is 8.07. The molecule has 0 saturated carbocycles. The Morgan fingerprint density at radius 3 is 2.61 bits per heavy atom. The first kappa shape index (κ1) is 23.3. The Morgan fingerprint density at radius 1 is 1.16 bits per heavy atom. The average Bonchev–Trinajstić information content (AvgIpc) is 3.03. The first-order valence-corrected chi connectivity index (χ1v) is 11.5. The molecule has 0 unspecified atom stereocenters. The molecule has 0 fully saturated rings. The van der Waals surface area contributed by atoms with Gasteiger partial charge in [0.1, 0.15) is 5.75 Å². The Labute approximate surface area is 196 Å². The molecule has 0 aliphatic carbocycles. The molecule has 8 heteroatoms. The molecule has 162 valence electrons. The molecular formula is C23H23Cl2N3O2S. The summed E-state index contributed by atoms with van der Waals surface area (Å²) in [4.78, 5) is 12.1. The van der Waals surface area contributed by atoms with Gasteiger partial charge in [-0.2, -0.15) is 5.10 Å². The fraction of sp³-hybridized carbons (Fsp3) is 0.217. The average molecular weight is 476 g/mol. The number of halogens is 2. The Bertz CT molecular complexity index is 1090. The Balaban J connectivity index is 1.57. The number of amides is 1. The van der Waals surface area contributed by atoms with E-state index >= 15 is 0 Å². The maximum absolute atomic E-state index is 12.1. The molecular weight excluding hydrogens is 453 g/mol. The number of methoxy groups -OCH3 is 1. The van der Waals surface area contributed by atoms with Crippen LogP contribution in [-0.4, -0.2) is 29.6 Å². The fourth-order valence-corrected chi connectivity index (χ4v) is 4.28. The number of nitrogens with zero attached hydrogens (tertiary/aromatic N) is 2. The molecule has 2 aromatic carbocycles. The molecule has 1 aromatic heterocycles. The molecule has 0 atom stereocenters. The van der Waals surface area contributed by atoms with Gasteiger partial charge in [-0.25, -0.2) is 5.43 Å². The summed E-state index contributed by atoms with van der Waals surface area (Å²) in [7, 11) is 1.64. The molecule has 0 bridgehead atoms. The minimum absolute atomic E-state index is 0.151. The van der Waals surface area contributed by atoms with Gasteiger partial charge < -0.3 is 9.30 Å². The zero-order valence-electron chi connectivity index (χ0n) is 17.5. The van der Waals surface area contributed by atoms with Crippen LogP contribution in [0.15, 0.2) is 53.6 Å². The number of aryl methyl sites for hydroxylation is 1. The van der Waals surface area contributed by atoms with Crippen molar-refractivity contribution in [3.05, 3.63) is 81.1 Å². The van der Waals surface area contributed by atoms with Crippen molar-refractivity contribution in [3.8, 4) is 11.4 Å². The highest BCUT2D eigenvalue weighted by molar-refractivity contribution is 7.99. The zero-order valence-corrected chi connectivity index (χ0v) is 19.8. The molecule has 0 aliphatic rings. The van der Waals surface area contributed by atoms with Crippen LogP contribution in [0.4, 0.5) is 0 Å². The lowest BCUT2D eigenvalue weighted by Crippen LogP contribution is -2.19. The molecule has 1 N–H and O–H groups in total. The summed E-state index contributed by atoms with van der Waals surface area (Å²) in [5.41, 5.74) is 7.36. The van der Waals surface area contributed by atoms with Gasteiger partial charge in [0.05, 0.1) is 29.8 Å². The van der Waals surface area contributed by atoms with Gasteiger partial charge in [0.2, 0.25) is 5.91 Å². The van der Waals surface area contributed by atoms with E-state index in [9.17, 15) is 4.79 Å². The van der Waals surface area contributed by atoms with E-state index in [4.69, 9.17) is 27.9 Å². The maximum Gasteiger partial charge on any atom is 0.250 e. The second-order valence-corrected chi connectivity index (χ2v) is 8.72. The number of carbonyl (C=O) groups excluding carboxylic acids is 1. The smallest absolute Gasteiger partial charge is 0.250 e. The largest absolute Gasteiger partial charge is 0.497 e. The molecule has 1 amide bonds. The molecule has 0 radical (unpaired) electrons. The van der Waals surface area contributed by atoms with Crippen LogP contribution in [0.5, 0.6) is 5.75 Å². The van der Waals surface area contributed by atoms with E-state index in [1.54, 1.807) is 25.5 Å². The summed E-state index contributed by atoms with van der Waals surface area (Å²) < 4.78 is 7.16. The molecule has 0 saturated heterocycles. The SMILES string of the molecule is COc1ccc(CSCC(=O)N/N=C/c2cc(C)n(-c3cc(Cl)ccc3Cl)c2C)cc1. The molecule has 1 heterocycles. The summed E-state index contributed by atoms with van der Waals surface area (Å²) in [5, 5.41) is 5.33. The Morgan fingerprint density at radius 2 is 1.90 bits per heavy atom. The van der Waals surface area contributed by atoms with Crippen LogP contribution in [-0.2, 0) is 10.5 Å². The lowest BCUT2D eigenvalue weighted by Gasteiger charge is -2.12. The summed E-state index contributed by atoms with van der Waals surface area (Å²) in [6.07, 6.45) is 1.64. The topological polar surface area (TPSA) is 55.6 Å². The summed E-state index contributed by atoms with van der Waals surface area (Å²) >= 11 is 14.0. The van der Waals surface area contributed by atoms with Crippen molar-refractivity contribution in [2.45, 2.75) is 19.6 Å². The van der Waals surface area contributed by atoms with Gasteiger partial charge in [-0.05, 0) is 55.8 Å². The van der Waals surface area contributed by atoms with E-state index in [0.717, 1.165) is 39.7 Å². The number of rotatable bonds is 8. The molecule has 0 aliphatic heterocycles. The van der Waals surface area contributed by atoms with Crippen LogP contribution in [0.25, 0.3) is 5.69 Å². The molecule has 5 nitrogen and oxygen atoms in total. The van der Waals surface area contributed by atoms with E-state index in [0.29, 0.717) is 15.8 Å². The second-order valence-electron chi connectivity index (χ2n) is 6.89. The highest BCUT2D eigenvalue weighted by Gasteiger charge is 2.12. The summed E-state index contributed by atoms with van der Waals surface area (Å²) in [6, 6.07) is 15.1. The molecule has 31 heavy (non-hydrogen) atoms. The van der Waals surface area contributed by atoms with Gasteiger partial charge in [0, 0.05) is 27.7 Å². The third-order valence-corrected chi connectivity index (χ3v) is 6.23. The van der Waals surface area contributed by atoms with E-state index in [1.807, 2.05) is 54.8 Å². The maximum atomic E-state index is 12.1. The number of ether oxygens (including phenoxy) is 1. The normalized spacial score (nSPS) is 11.1. The minimum atomic E-state index is -0.151. The molecule has 3 rings (SSSR count). The number of nitrogens with one attached hydrogen (secondary N) is 1. The number of carbonyl (C=O) groups is 1. The first-order chi connectivity index (χ1) is 14.9. The number of hydrazone groups is 1. The van der Waals surface area contributed by atoms with Crippen LogP contribution < -0.4 is 10.2 Å². The van der Waals surface area contributed by atoms with Gasteiger partial charge in [-0.1, -0.05) is 35.3 Å². The number of aromatic nitrogens is 1. The quantitative estimate of drug-likeness (QED) is 0.331. The number of benzene rings is 2. The van der Waals surface area contributed by atoms with Crippen LogP contribution in [0.3, 0.4) is 0 Å². The monoisotopic (exact) mass is 475 g/mol. The van der Waals surface area contributed by atoms with Crippen molar-refractivity contribution in [2.75, 3.05) is 12.9 Å². The zero-order chi connectivity index (χ0) is 22.4. The fourth-order valence-electron chi connectivity index (χ4n) is 3.14. The van der Waals surface area contributed by atoms with Gasteiger partial charge in [0.15, 0.2) is 0 Å². The lowest BCUT2D eigenvalue weighted by molar-refractivity contribution is -0.118. The molecule has 0 spiro atoms. The Hall–Kier alpha value is -2.41. The highest BCUT2D eigenvalue weighted by atomic mass is 35.5. The predicted molar refractivity (Wildman–Crippen MR) is 130 cm³/mol. The summed E-state index contributed by atoms with van der Waals surface area (Å²) in [6.45, 7) is 3.95. The van der Waals surface area contributed by atoms with Crippen LogP contribution in [0.1, 0.15) is 22.5 Å². The number of hydrogen-bond donors (Lipinski definition) is 1. The molecule has 3 aromatic rings. The predicted octanol–water partition coefficient (Wildman–Crippen LogP) is 5.79. The third-order valence-electron chi connectivity index (χ3n) is 4.67. The lowest BCUT2D eigenvalue weighted by atomic mass is 10.2. The van der Waals surface area contributed by atoms with Gasteiger partial charge in [-0.15, -0.1) is 11.8 Å². The second kappa shape index (κ2) is 10.8. The van der Waals surface area contributed by atoms with Crippen LogP contribution in [0, 0.1) is 13.8 Å². The van der Waals surface area contributed by atoms with Crippen molar-refractivity contribution in [2.24, 2.45) is 5.10 Å². The van der Waals surface area contributed by atoms with Crippen LogP contribution >= 0.6 is 35.0 Å². The first-order valence-electron chi connectivity index (χ1n) is 9.56.